The van der Waals surface area contributed by atoms with Gasteiger partial charge < -0.3 is 34.6 Å². The van der Waals surface area contributed by atoms with Crippen molar-refractivity contribution in [2.75, 3.05) is 41.7 Å². The molecule has 11 nitrogen and oxygen atoms in total. The lowest BCUT2D eigenvalue weighted by molar-refractivity contribution is -0.109. The molecule has 1 aliphatic carbocycles. The highest BCUT2D eigenvalue weighted by Gasteiger charge is 2.39. The van der Waals surface area contributed by atoms with E-state index in [4.69, 9.17) is 31.5 Å². The van der Waals surface area contributed by atoms with Crippen molar-refractivity contribution in [1.29, 1.82) is 0 Å². The van der Waals surface area contributed by atoms with Crippen LogP contribution in [0.3, 0.4) is 0 Å². The van der Waals surface area contributed by atoms with Crippen LogP contribution in [0.4, 0.5) is 22.0 Å². The highest BCUT2D eigenvalue weighted by molar-refractivity contribution is 6.29. The molecule has 0 radical (unpaired) electrons. The van der Waals surface area contributed by atoms with E-state index in [2.05, 4.69) is 37.1 Å². The molecule has 12 heteroatoms. The SMILES string of the molecule is Nc1nnc(Cl)cc1N1CCC2CCC(C1)N2c1ccnc(OC2CC(OC3CCN(C(=O)OCc4ccccc4)CC3)C2)c1. The lowest BCUT2D eigenvalue weighted by atomic mass is 9.91. The third kappa shape index (κ3) is 6.89. The summed E-state index contributed by atoms with van der Waals surface area (Å²) in [5, 5.41) is 8.26. The number of carbonyl (C=O) groups is 1. The van der Waals surface area contributed by atoms with E-state index in [1.165, 1.54) is 0 Å². The Balaban J connectivity index is 0.869. The van der Waals surface area contributed by atoms with Crippen molar-refractivity contribution in [3.8, 4) is 5.88 Å². The molecule has 5 heterocycles. The number of ether oxygens (including phenoxy) is 3. The van der Waals surface area contributed by atoms with Gasteiger partial charge in [-0.3, -0.25) is 0 Å². The zero-order valence-electron chi connectivity index (χ0n) is 25.3. The predicted octanol–water partition coefficient (Wildman–Crippen LogP) is 5.08. The maximum Gasteiger partial charge on any atom is 0.410 e. The summed E-state index contributed by atoms with van der Waals surface area (Å²) in [5.41, 5.74) is 9.16. The van der Waals surface area contributed by atoms with Crippen molar-refractivity contribution in [3.05, 3.63) is 65.4 Å². The number of hydrogen-bond donors (Lipinski definition) is 1. The number of fused-ring (bicyclic) bond motifs is 2. The summed E-state index contributed by atoms with van der Waals surface area (Å²) in [6.45, 7) is 3.33. The van der Waals surface area contributed by atoms with Gasteiger partial charge in [-0.15, -0.1) is 10.2 Å². The number of halogens is 1. The molecule has 3 aliphatic heterocycles. The normalized spacial score (nSPS) is 25.0. The van der Waals surface area contributed by atoms with Crippen molar-refractivity contribution in [1.82, 2.24) is 20.1 Å². The summed E-state index contributed by atoms with van der Waals surface area (Å²) in [7, 11) is 0. The molecule has 4 aliphatic rings. The summed E-state index contributed by atoms with van der Waals surface area (Å²) in [6, 6.07) is 16.5. The van der Waals surface area contributed by atoms with Crippen LogP contribution < -0.4 is 20.3 Å². The third-order valence-electron chi connectivity index (χ3n) is 9.54. The van der Waals surface area contributed by atoms with Gasteiger partial charge in [0.1, 0.15) is 12.7 Å². The van der Waals surface area contributed by atoms with Crippen LogP contribution in [0.25, 0.3) is 0 Å². The second kappa shape index (κ2) is 13.3. The minimum Gasteiger partial charge on any atom is -0.474 e. The maximum absolute atomic E-state index is 12.5. The van der Waals surface area contributed by atoms with Crippen LogP contribution in [0, 0.1) is 0 Å². The van der Waals surface area contributed by atoms with Crippen LogP contribution in [-0.4, -0.2) is 82.7 Å². The van der Waals surface area contributed by atoms with Crippen molar-refractivity contribution < 1.29 is 19.0 Å². The molecule has 3 saturated heterocycles. The van der Waals surface area contributed by atoms with Gasteiger partial charge in [-0.1, -0.05) is 41.9 Å². The largest absolute Gasteiger partial charge is 0.474 e. The van der Waals surface area contributed by atoms with Gasteiger partial charge in [0.15, 0.2) is 11.0 Å². The zero-order chi connectivity index (χ0) is 30.8. The Kier molecular flexibility index (Phi) is 8.80. The Hall–Kier alpha value is -3.83. The lowest BCUT2D eigenvalue weighted by Crippen LogP contribution is -2.46. The summed E-state index contributed by atoms with van der Waals surface area (Å²) >= 11 is 6.14. The molecule has 2 N–H and O–H groups in total. The van der Waals surface area contributed by atoms with E-state index in [1.807, 2.05) is 42.6 Å². The summed E-state index contributed by atoms with van der Waals surface area (Å²) in [4.78, 5) is 23.6. The van der Waals surface area contributed by atoms with Crippen LogP contribution in [0.1, 0.15) is 50.5 Å². The molecule has 2 bridgehead atoms. The van der Waals surface area contributed by atoms with E-state index in [0.717, 1.165) is 75.0 Å². The molecular weight excluding hydrogens is 594 g/mol. The topological polar surface area (TPSA) is 119 Å². The van der Waals surface area contributed by atoms with Gasteiger partial charge in [0.2, 0.25) is 5.88 Å². The first-order valence-corrected chi connectivity index (χ1v) is 16.4. The fourth-order valence-corrected chi connectivity index (χ4v) is 7.25. The molecule has 0 spiro atoms. The standard InChI is InChI=1S/C33H40ClN7O4/c34-30-19-29(32(35)38-37-30)40-13-9-23-6-7-25(20-40)41(23)24-8-12-36-31(16-24)45-28-17-27(18-28)44-26-10-14-39(15-11-26)33(42)43-21-22-4-2-1-3-5-22/h1-5,8,12,16,19,23,25-28H,6-7,9-11,13-15,17-18,20-21H2,(H2,35,38). The van der Waals surface area contributed by atoms with Crippen LogP contribution in [-0.2, 0) is 16.1 Å². The third-order valence-corrected chi connectivity index (χ3v) is 9.73. The number of benzene rings is 1. The number of carbonyl (C=O) groups excluding carboxylic acids is 1. The minimum absolute atomic E-state index is 0.0917. The smallest absolute Gasteiger partial charge is 0.410 e. The number of amides is 1. The second-order valence-corrected chi connectivity index (χ2v) is 12.9. The summed E-state index contributed by atoms with van der Waals surface area (Å²) in [5.74, 6) is 1.07. The zero-order valence-corrected chi connectivity index (χ0v) is 26.1. The lowest BCUT2D eigenvalue weighted by Gasteiger charge is -2.39. The molecule has 45 heavy (non-hydrogen) atoms. The molecule has 4 fully saturated rings. The highest BCUT2D eigenvalue weighted by Crippen LogP contribution is 2.38. The Morgan fingerprint density at radius 1 is 0.911 bits per heavy atom. The molecular formula is C33H40ClN7O4. The molecule has 1 saturated carbocycles. The molecule has 7 rings (SSSR count). The number of hydrogen-bond acceptors (Lipinski definition) is 10. The first-order valence-electron chi connectivity index (χ1n) is 16.0. The van der Waals surface area contributed by atoms with Crippen LogP contribution in [0.5, 0.6) is 5.88 Å². The van der Waals surface area contributed by atoms with E-state index >= 15 is 0 Å². The number of piperidine rings is 1. The molecule has 238 valence electrons. The number of aromatic nitrogens is 3. The molecule has 1 amide bonds. The van der Waals surface area contributed by atoms with E-state index in [0.29, 0.717) is 48.6 Å². The Morgan fingerprint density at radius 3 is 2.53 bits per heavy atom. The fourth-order valence-electron chi connectivity index (χ4n) is 7.11. The maximum atomic E-state index is 12.5. The van der Waals surface area contributed by atoms with Crippen molar-refractivity contribution in [2.45, 2.75) is 81.9 Å². The Labute approximate surface area is 268 Å². The van der Waals surface area contributed by atoms with E-state index in [-0.39, 0.29) is 24.4 Å². The van der Waals surface area contributed by atoms with Crippen LogP contribution >= 0.6 is 11.6 Å². The van der Waals surface area contributed by atoms with Gasteiger partial charge in [-0.05, 0) is 43.7 Å². The summed E-state index contributed by atoms with van der Waals surface area (Å²) < 4.78 is 18.2. The van der Waals surface area contributed by atoms with E-state index in [1.54, 1.807) is 4.90 Å². The average molecular weight is 634 g/mol. The number of anilines is 3. The number of likely N-dealkylation sites (tertiary alicyclic amines) is 1. The first kappa shape index (κ1) is 29.9. The van der Waals surface area contributed by atoms with Gasteiger partial charge in [-0.25, -0.2) is 9.78 Å². The van der Waals surface area contributed by atoms with Crippen molar-refractivity contribution in [2.24, 2.45) is 0 Å². The second-order valence-electron chi connectivity index (χ2n) is 12.5. The molecule has 2 unspecified atom stereocenters. The Bertz CT molecular complexity index is 1470. The quantitative estimate of drug-likeness (QED) is 0.360. The van der Waals surface area contributed by atoms with Gasteiger partial charge in [0.25, 0.3) is 0 Å². The molecule has 1 aromatic carbocycles. The predicted molar refractivity (Wildman–Crippen MR) is 172 cm³/mol. The average Bonchev–Trinajstić information content (AvgIpc) is 3.34. The number of nitrogens with zero attached hydrogens (tertiary/aromatic N) is 6. The van der Waals surface area contributed by atoms with Crippen LogP contribution in [0.15, 0.2) is 54.7 Å². The minimum atomic E-state index is -0.254. The van der Waals surface area contributed by atoms with Gasteiger partial charge in [0, 0.05) is 75.1 Å². The monoisotopic (exact) mass is 633 g/mol. The van der Waals surface area contributed by atoms with Crippen molar-refractivity contribution in [3.63, 3.8) is 0 Å². The summed E-state index contributed by atoms with van der Waals surface area (Å²) in [6.07, 6.45) is 8.64. The van der Waals surface area contributed by atoms with Crippen molar-refractivity contribution >= 4 is 34.9 Å². The number of nitrogens with two attached hydrogens (primary N) is 1. The van der Waals surface area contributed by atoms with Gasteiger partial charge >= 0.3 is 6.09 Å². The number of rotatable bonds is 8. The first-order chi connectivity index (χ1) is 22.0. The van der Waals surface area contributed by atoms with Gasteiger partial charge in [0.05, 0.1) is 17.9 Å². The molecule has 2 atom stereocenters. The van der Waals surface area contributed by atoms with Crippen LogP contribution in [0.2, 0.25) is 5.15 Å². The van der Waals surface area contributed by atoms with Gasteiger partial charge in [-0.2, -0.15) is 0 Å². The van der Waals surface area contributed by atoms with E-state index in [9.17, 15) is 4.79 Å². The number of pyridine rings is 1. The molecule has 3 aromatic rings. The Morgan fingerprint density at radius 2 is 1.71 bits per heavy atom. The number of nitrogen functional groups attached to an aromatic ring is 1. The molecule has 2 aromatic heterocycles. The highest BCUT2D eigenvalue weighted by atomic mass is 35.5. The van der Waals surface area contributed by atoms with E-state index < -0.39 is 0 Å². The fraction of sp³-hybridized carbons (Fsp3) is 0.515.